The zero-order valence-corrected chi connectivity index (χ0v) is 17.9. The molecule has 1 amide bonds. The Morgan fingerprint density at radius 1 is 1.06 bits per heavy atom. The lowest BCUT2D eigenvalue weighted by Gasteiger charge is -2.14. The summed E-state index contributed by atoms with van der Waals surface area (Å²) in [5.41, 5.74) is 4.88. The number of fused-ring (bicyclic) bond motifs is 1. The molecule has 158 valence electrons. The molecule has 1 N–H and O–H groups in total. The van der Waals surface area contributed by atoms with E-state index in [0.29, 0.717) is 34.9 Å². The molecule has 31 heavy (non-hydrogen) atoms. The summed E-state index contributed by atoms with van der Waals surface area (Å²) in [6, 6.07) is 13.8. The van der Waals surface area contributed by atoms with Crippen LogP contribution in [0.1, 0.15) is 33.0 Å². The third kappa shape index (κ3) is 3.86. The second-order valence-electron chi connectivity index (χ2n) is 7.41. The molecule has 0 fully saturated rings. The highest BCUT2D eigenvalue weighted by Gasteiger charge is 2.22. The van der Waals surface area contributed by atoms with E-state index in [-0.39, 0.29) is 11.7 Å². The van der Waals surface area contributed by atoms with Gasteiger partial charge in [0, 0.05) is 5.39 Å². The molecule has 2 aromatic heterocycles. The van der Waals surface area contributed by atoms with Crippen LogP contribution in [0.15, 0.2) is 48.5 Å². The van der Waals surface area contributed by atoms with Crippen molar-refractivity contribution in [1.82, 2.24) is 14.8 Å². The largest absolute Gasteiger partial charge is 0.494 e. The van der Waals surface area contributed by atoms with Gasteiger partial charge in [0.05, 0.1) is 47.5 Å². The quantitative estimate of drug-likeness (QED) is 0.505. The Labute approximate surface area is 179 Å². The van der Waals surface area contributed by atoms with Crippen LogP contribution in [0.5, 0.6) is 5.75 Å². The summed E-state index contributed by atoms with van der Waals surface area (Å²) in [6.45, 7) is 6.03. The second kappa shape index (κ2) is 8.18. The van der Waals surface area contributed by atoms with Gasteiger partial charge in [-0.2, -0.15) is 5.10 Å². The van der Waals surface area contributed by atoms with E-state index in [1.807, 2.05) is 45.0 Å². The normalized spacial score (nSPS) is 11.0. The van der Waals surface area contributed by atoms with Crippen LogP contribution >= 0.6 is 0 Å². The number of carbonyl (C=O) groups excluding carboxylic acids is 1. The van der Waals surface area contributed by atoms with Crippen LogP contribution < -0.4 is 10.1 Å². The third-order valence-electron chi connectivity index (χ3n) is 5.31. The lowest BCUT2D eigenvalue weighted by atomic mass is 10.1. The smallest absolute Gasteiger partial charge is 0.260 e. The summed E-state index contributed by atoms with van der Waals surface area (Å²) in [5, 5.41) is 8.29. The third-order valence-corrected chi connectivity index (χ3v) is 5.31. The second-order valence-corrected chi connectivity index (χ2v) is 7.41. The maximum Gasteiger partial charge on any atom is 0.260 e. The minimum atomic E-state index is -0.286. The van der Waals surface area contributed by atoms with Crippen LogP contribution in [0.2, 0.25) is 0 Å². The van der Waals surface area contributed by atoms with Gasteiger partial charge in [0.1, 0.15) is 5.82 Å². The molecule has 0 saturated heterocycles. The monoisotopic (exact) mass is 418 g/mol. The summed E-state index contributed by atoms with van der Waals surface area (Å²) in [5.74, 6) is -0.116. The number of amides is 1. The van der Waals surface area contributed by atoms with E-state index in [1.165, 1.54) is 19.2 Å². The van der Waals surface area contributed by atoms with Crippen molar-refractivity contribution in [3.05, 3.63) is 82.6 Å². The Morgan fingerprint density at radius 3 is 2.48 bits per heavy atom. The van der Waals surface area contributed by atoms with Crippen molar-refractivity contribution in [3.8, 4) is 5.75 Å². The maximum absolute atomic E-state index is 13.4. The summed E-state index contributed by atoms with van der Waals surface area (Å²) in [6.07, 6.45) is 0. The number of anilines is 1. The Morgan fingerprint density at radius 2 is 1.77 bits per heavy atom. The lowest BCUT2D eigenvalue weighted by Crippen LogP contribution is -2.16. The van der Waals surface area contributed by atoms with E-state index < -0.39 is 0 Å². The van der Waals surface area contributed by atoms with Crippen LogP contribution in [-0.4, -0.2) is 27.8 Å². The van der Waals surface area contributed by atoms with E-state index in [0.717, 1.165) is 22.2 Å². The van der Waals surface area contributed by atoms with Gasteiger partial charge in [-0.25, -0.2) is 9.37 Å². The SMILES string of the molecule is COc1c(C)nc2ccccc2c1C(=O)Nc1c(C)nn(Cc2ccc(F)cc2)c1C. The molecule has 2 aromatic carbocycles. The highest BCUT2D eigenvalue weighted by Crippen LogP contribution is 2.31. The lowest BCUT2D eigenvalue weighted by molar-refractivity contribution is 0.102. The first-order valence-electron chi connectivity index (χ1n) is 9.92. The van der Waals surface area contributed by atoms with Gasteiger partial charge in [-0.05, 0) is 44.5 Å². The standard InChI is InChI=1S/C24H23FN4O2/c1-14-22(16(3)29(28-14)13-17-9-11-18(25)12-10-17)27-24(30)21-19-7-5-6-8-20(19)26-15(2)23(21)31-4/h5-12H,13H2,1-4H3,(H,27,30). The highest BCUT2D eigenvalue weighted by atomic mass is 19.1. The molecule has 6 nitrogen and oxygen atoms in total. The van der Waals surface area contributed by atoms with Crippen molar-refractivity contribution < 1.29 is 13.9 Å². The number of rotatable bonds is 5. The molecule has 7 heteroatoms. The molecule has 0 aliphatic heterocycles. The number of nitrogens with zero attached hydrogens (tertiary/aromatic N) is 3. The summed E-state index contributed by atoms with van der Waals surface area (Å²) < 4.78 is 20.5. The fraction of sp³-hybridized carbons (Fsp3) is 0.208. The molecule has 0 aliphatic carbocycles. The molecule has 0 unspecified atom stereocenters. The number of ether oxygens (including phenoxy) is 1. The summed E-state index contributed by atoms with van der Waals surface area (Å²) >= 11 is 0. The Bertz CT molecular complexity index is 1280. The molecule has 0 spiro atoms. The minimum absolute atomic E-state index is 0.279. The number of carbonyl (C=O) groups is 1. The topological polar surface area (TPSA) is 69.0 Å². The predicted molar refractivity (Wildman–Crippen MR) is 118 cm³/mol. The van der Waals surface area contributed by atoms with Crippen LogP contribution in [0.4, 0.5) is 10.1 Å². The maximum atomic E-state index is 13.4. The van der Waals surface area contributed by atoms with E-state index in [4.69, 9.17) is 4.74 Å². The summed E-state index contributed by atoms with van der Waals surface area (Å²) in [7, 11) is 1.53. The van der Waals surface area contributed by atoms with Gasteiger partial charge in [0.25, 0.3) is 5.91 Å². The molecular formula is C24H23FN4O2. The number of hydrogen-bond acceptors (Lipinski definition) is 4. The zero-order chi connectivity index (χ0) is 22.1. The van der Waals surface area contributed by atoms with Gasteiger partial charge >= 0.3 is 0 Å². The van der Waals surface area contributed by atoms with Gasteiger partial charge in [-0.15, -0.1) is 0 Å². The average Bonchev–Trinajstić information content (AvgIpc) is 3.01. The van der Waals surface area contributed by atoms with Crippen molar-refractivity contribution in [2.75, 3.05) is 12.4 Å². The Balaban J connectivity index is 1.70. The van der Waals surface area contributed by atoms with E-state index in [2.05, 4.69) is 15.4 Å². The van der Waals surface area contributed by atoms with E-state index in [1.54, 1.807) is 16.8 Å². The molecule has 0 saturated carbocycles. The first kappa shape index (κ1) is 20.5. The molecule has 0 radical (unpaired) electrons. The molecule has 4 aromatic rings. The van der Waals surface area contributed by atoms with Gasteiger partial charge in [0.15, 0.2) is 5.75 Å². The number of aryl methyl sites for hydroxylation is 2. The van der Waals surface area contributed by atoms with Crippen LogP contribution in [-0.2, 0) is 6.54 Å². The number of pyridine rings is 1. The number of hydrogen-bond donors (Lipinski definition) is 1. The van der Waals surface area contributed by atoms with Crippen molar-refractivity contribution >= 4 is 22.5 Å². The molecular weight excluding hydrogens is 395 g/mol. The fourth-order valence-electron chi connectivity index (χ4n) is 3.76. The number of halogens is 1. The van der Waals surface area contributed by atoms with Crippen LogP contribution in [0.25, 0.3) is 10.9 Å². The predicted octanol–water partition coefficient (Wildman–Crippen LogP) is 4.80. The van der Waals surface area contributed by atoms with Crippen molar-refractivity contribution in [2.45, 2.75) is 27.3 Å². The number of methoxy groups -OCH3 is 1. The van der Waals surface area contributed by atoms with Gasteiger partial charge in [-0.3, -0.25) is 9.48 Å². The Kier molecular flexibility index (Phi) is 5.42. The first-order valence-corrected chi connectivity index (χ1v) is 9.92. The van der Waals surface area contributed by atoms with Crippen LogP contribution in [0, 0.1) is 26.6 Å². The number of aromatic nitrogens is 3. The van der Waals surface area contributed by atoms with E-state index in [9.17, 15) is 9.18 Å². The van der Waals surface area contributed by atoms with Crippen LogP contribution in [0.3, 0.4) is 0 Å². The first-order chi connectivity index (χ1) is 14.9. The van der Waals surface area contributed by atoms with Crippen molar-refractivity contribution in [3.63, 3.8) is 0 Å². The van der Waals surface area contributed by atoms with Gasteiger partial charge in [-0.1, -0.05) is 30.3 Å². The Hall–Kier alpha value is -3.74. The van der Waals surface area contributed by atoms with Crippen molar-refractivity contribution in [1.29, 1.82) is 0 Å². The van der Waals surface area contributed by atoms with Crippen molar-refractivity contribution in [2.24, 2.45) is 0 Å². The number of nitrogens with one attached hydrogen (secondary N) is 1. The van der Waals surface area contributed by atoms with Gasteiger partial charge < -0.3 is 10.1 Å². The average molecular weight is 418 g/mol. The number of para-hydroxylation sites is 1. The molecule has 0 aliphatic rings. The summed E-state index contributed by atoms with van der Waals surface area (Å²) in [4.78, 5) is 17.9. The molecule has 0 bridgehead atoms. The van der Waals surface area contributed by atoms with Gasteiger partial charge in [0.2, 0.25) is 0 Å². The molecule has 0 atom stereocenters. The zero-order valence-electron chi connectivity index (χ0n) is 17.9. The molecule has 2 heterocycles. The van der Waals surface area contributed by atoms with E-state index >= 15 is 0 Å². The highest BCUT2D eigenvalue weighted by molar-refractivity contribution is 6.14. The number of benzene rings is 2. The molecule has 4 rings (SSSR count). The minimum Gasteiger partial charge on any atom is -0.494 e. The fourth-order valence-corrected chi connectivity index (χ4v) is 3.76.